The normalized spacial score (nSPS) is 14.5. The third-order valence-corrected chi connectivity index (χ3v) is 8.40. The maximum Gasteiger partial charge on any atom is 0.0352 e. The summed E-state index contributed by atoms with van der Waals surface area (Å²) < 4.78 is 0. The molecular formula is C38H26. The Morgan fingerprint density at radius 1 is 0.421 bits per heavy atom. The average Bonchev–Trinajstić information content (AvgIpc) is 3.53. The van der Waals surface area contributed by atoms with Gasteiger partial charge in [-0.05, 0) is 84.8 Å². The van der Waals surface area contributed by atoms with E-state index in [2.05, 4.69) is 140 Å². The second kappa shape index (κ2) is 8.43. The van der Waals surface area contributed by atoms with Gasteiger partial charge in [0.15, 0.2) is 0 Å². The fourth-order valence-corrected chi connectivity index (χ4v) is 6.68. The molecule has 1 unspecified atom stereocenters. The number of benzene rings is 6. The molecule has 0 heterocycles. The first-order chi connectivity index (χ1) is 18.8. The van der Waals surface area contributed by atoms with Crippen LogP contribution in [0.5, 0.6) is 0 Å². The summed E-state index contributed by atoms with van der Waals surface area (Å²) in [6, 6.07) is 51.5. The Bertz CT molecular complexity index is 1830. The molecule has 0 aromatic heterocycles. The standard InChI is InChI=1S/C38H26/c1-3-10-25(11-4-1)27-15-9-16-30(22-27)37-33-19-18-28(26-12-5-2-6-13-26)23-36(33)38-34(37)21-20-32-31-17-8-7-14-29(31)24-35(32)38/h1-23,37H,24H2. The molecule has 0 spiro atoms. The van der Waals surface area contributed by atoms with E-state index >= 15 is 0 Å². The highest BCUT2D eigenvalue weighted by atomic mass is 14.4. The highest BCUT2D eigenvalue weighted by Gasteiger charge is 2.35. The summed E-state index contributed by atoms with van der Waals surface area (Å²) in [7, 11) is 0. The van der Waals surface area contributed by atoms with Crippen molar-refractivity contribution in [2.24, 2.45) is 0 Å². The summed E-state index contributed by atoms with van der Waals surface area (Å²) in [5, 5.41) is 0. The molecule has 0 nitrogen and oxygen atoms in total. The van der Waals surface area contributed by atoms with E-state index in [0.29, 0.717) is 0 Å². The Labute approximate surface area is 223 Å². The monoisotopic (exact) mass is 482 g/mol. The summed E-state index contributed by atoms with van der Waals surface area (Å²) in [5.41, 5.74) is 17.8. The molecular weight excluding hydrogens is 456 g/mol. The second-order valence-corrected chi connectivity index (χ2v) is 10.5. The van der Waals surface area contributed by atoms with Gasteiger partial charge in [-0.2, -0.15) is 0 Å². The maximum atomic E-state index is 2.44. The first-order valence-corrected chi connectivity index (χ1v) is 13.4. The molecule has 0 heteroatoms. The molecule has 2 aliphatic rings. The highest BCUT2D eigenvalue weighted by Crippen LogP contribution is 2.54. The Morgan fingerprint density at radius 3 is 1.87 bits per heavy atom. The van der Waals surface area contributed by atoms with Crippen LogP contribution in [-0.2, 0) is 6.42 Å². The van der Waals surface area contributed by atoms with E-state index in [4.69, 9.17) is 0 Å². The number of fused-ring (bicyclic) bond motifs is 7. The van der Waals surface area contributed by atoms with Crippen molar-refractivity contribution >= 4 is 0 Å². The van der Waals surface area contributed by atoms with Gasteiger partial charge < -0.3 is 0 Å². The Morgan fingerprint density at radius 2 is 1.08 bits per heavy atom. The third kappa shape index (κ3) is 3.24. The lowest BCUT2D eigenvalue weighted by Gasteiger charge is -2.17. The van der Waals surface area contributed by atoms with E-state index in [1.807, 2.05) is 0 Å². The van der Waals surface area contributed by atoms with E-state index in [1.54, 1.807) is 0 Å². The quantitative estimate of drug-likeness (QED) is 0.235. The van der Waals surface area contributed by atoms with Crippen LogP contribution in [0.3, 0.4) is 0 Å². The number of hydrogen-bond acceptors (Lipinski definition) is 0. The fourth-order valence-electron chi connectivity index (χ4n) is 6.68. The van der Waals surface area contributed by atoms with Crippen molar-refractivity contribution in [1.82, 2.24) is 0 Å². The van der Waals surface area contributed by atoms with Crippen LogP contribution in [0.1, 0.15) is 33.7 Å². The van der Waals surface area contributed by atoms with Crippen LogP contribution in [0.25, 0.3) is 44.5 Å². The minimum atomic E-state index is 0.225. The van der Waals surface area contributed by atoms with Gasteiger partial charge in [0.25, 0.3) is 0 Å². The van der Waals surface area contributed by atoms with Gasteiger partial charge in [0, 0.05) is 5.92 Å². The van der Waals surface area contributed by atoms with E-state index < -0.39 is 0 Å². The molecule has 0 radical (unpaired) electrons. The van der Waals surface area contributed by atoms with Crippen LogP contribution < -0.4 is 0 Å². The lowest BCUT2D eigenvalue weighted by molar-refractivity contribution is 1.01. The Balaban J connectivity index is 1.36. The van der Waals surface area contributed by atoms with Crippen LogP contribution in [0, 0.1) is 0 Å². The molecule has 6 aromatic rings. The molecule has 0 bridgehead atoms. The molecule has 6 aromatic carbocycles. The smallest absolute Gasteiger partial charge is 0.0352 e. The van der Waals surface area contributed by atoms with Crippen molar-refractivity contribution in [3.05, 3.63) is 167 Å². The van der Waals surface area contributed by atoms with Crippen molar-refractivity contribution in [3.8, 4) is 44.5 Å². The molecule has 0 saturated carbocycles. The van der Waals surface area contributed by atoms with Gasteiger partial charge in [0.1, 0.15) is 0 Å². The first kappa shape index (κ1) is 21.4. The van der Waals surface area contributed by atoms with Gasteiger partial charge in [0.2, 0.25) is 0 Å². The third-order valence-electron chi connectivity index (χ3n) is 8.40. The second-order valence-electron chi connectivity index (χ2n) is 10.5. The topological polar surface area (TPSA) is 0 Å². The van der Waals surface area contributed by atoms with E-state index in [1.165, 1.54) is 72.3 Å². The SMILES string of the molecule is c1ccc(-c2cccc(C3c4ccc(-c5ccccc5)cc4-c4c3ccc3c4Cc4ccccc4-3)c2)cc1. The Hall–Kier alpha value is -4.68. The average molecular weight is 483 g/mol. The van der Waals surface area contributed by atoms with E-state index in [0.717, 1.165) is 6.42 Å². The van der Waals surface area contributed by atoms with Crippen LogP contribution in [0.2, 0.25) is 0 Å². The zero-order chi connectivity index (χ0) is 25.1. The molecule has 0 aliphatic heterocycles. The van der Waals surface area contributed by atoms with Crippen molar-refractivity contribution < 1.29 is 0 Å². The molecule has 0 fully saturated rings. The first-order valence-electron chi connectivity index (χ1n) is 13.4. The molecule has 0 amide bonds. The van der Waals surface area contributed by atoms with Crippen LogP contribution in [0.15, 0.2) is 140 Å². The molecule has 0 saturated heterocycles. The van der Waals surface area contributed by atoms with Crippen LogP contribution >= 0.6 is 0 Å². The van der Waals surface area contributed by atoms with E-state index in [9.17, 15) is 0 Å². The fraction of sp³-hybridized carbons (Fsp3) is 0.0526. The van der Waals surface area contributed by atoms with Crippen molar-refractivity contribution in [3.63, 3.8) is 0 Å². The Kier molecular flexibility index (Phi) is 4.75. The predicted molar refractivity (Wildman–Crippen MR) is 158 cm³/mol. The van der Waals surface area contributed by atoms with Gasteiger partial charge >= 0.3 is 0 Å². The molecule has 8 rings (SSSR count). The van der Waals surface area contributed by atoms with Gasteiger partial charge in [0.05, 0.1) is 0 Å². The molecule has 2 aliphatic carbocycles. The zero-order valence-corrected chi connectivity index (χ0v) is 21.1. The highest BCUT2D eigenvalue weighted by molar-refractivity contribution is 5.93. The van der Waals surface area contributed by atoms with Crippen LogP contribution in [-0.4, -0.2) is 0 Å². The van der Waals surface area contributed by atoms with E-state index in [-0.39, 0.29) is 5.92 Å². The van der Waals surface area contributed by atoms with Crippen LogP contribution in [0.4, 0.5) is 0 Å². The molecule has 1 atom stereocenters. The number of rotatable bonds is 3. The predicted octanol–water partition coefficient (Wildman–Crippen LogP) is 9.75. The van der Waals surface area contributed by atoms with Gasteiger partial charge in [-0.25, -0.2) is 0 Å². The van der Waals surface area contributed by atoms with Crippen molar-refractivity contribution in [2.75, 3.05) is 0 Å². The minimum absolute atomic E-state index is 0.225. The summed E-state index contributed by atoms with van der Waals surface area (Å²) in [6.45, 7) is 0. The lowest BCUT2D eigenvalue weighted by atomic mass is 9.86. The molecule has 0 N–H and O–H groups in total. The molecule has 178 valence electrons. The maximum absolute atomic E-state index is 2.44. The summed E-state index contributed by atoms with van der Waals surface area (Å²) in [4.78, 5) is 0. The summed E-state index contributed by atoms with van der Waals surface area (Å²) in [6.07, 6.45) is 1.00. The summed E-state index contributed by atoms with van der Waals surface area (Å²) in [5.74, 6) is 0.225. The largest absolute Gasteiger partial charge is 0.0622 e. The van der Waals surface area contributed by atoms with Crippen molar-refractivity contribution in [1.29, 1.82) is 0 Å². The van der Waals surface area contributed by atoms with Gasteiger partial charge in [-0.3, -0.25) is 0 Å². The lowest BCUT2D eigenvalue weighted by Crippen LogP contribution is -2.00. The van der Waals surface area contributed by atoms with Gasteiger partial charge in [-0.15, -0.1) is 0 Å². The zero-order valence-electron chi connectivity index (χ0n) is 21.1. The number of hydrogen-bond donors (Lipinski definition) is 0. The minimum Gasteiger partial charge on any atom is -0.0622 e. The molecule has 38 heavy (non-hydrogen) atoms. The van der Waals surface area contributed by atoms with Crippen molar-refractivity contribution in [2.45, 2.75) is 12.3 Å². The summed E-state index contributed by atoms with van der Waals surface area (Å²) >= 11 is 0. The van der Waals surface area contributed by atoms with Gasteiger partial charge in [-0.1, -0.05) is 133 Å².